The molecule has 1 aromatic carbocycles. The van der Waals surface area contributed by atoms with E-state index in [2.05, 4.69) is 11.6 Å². The predicted octanol–water partition coefficient (Wildman–Crippen LogP) is 4.02. The predicted molar refractivity (Wildman–Crippen MR) is 65.4 cm³/mol. The van der Waals surface area contributed by atoms with Crippen LogP contribution in [0.4, 0.5) is 0 Å². The Morgan fingerprint density at radius 2 is 1.81 bits per heavy atom. The average Bonchev–Trinajstić information content (AvgIpc) is 2.24. The van der Waals surface area contributed by atoms with Crippen molar-refractivity contribution in [2.45, 2.75) is 31.3 Å². The van der Waals surface area contributed by atoms with E-state index in [1.54, 1.807) is 6.08 Å². The zero-order valence-corrected chi connectivity index (χ0v) is 10.5. The van der Waals surface area contributed by atoms with Crippen molar-refractivity contribution in [2.75, 3.05) is 0 Å². The van der Waals surface area contributed by atoms with Crippen LogP contribution < -0.4 is 0 Å². The van der Waals surface area contributed by atoms with Crippen molar-refractivity contribution in [3.05, 3.63) is 36.4 Å². The summed E-state index contributed by atoms with van der Waals surface area (Å²) >= 11 is 1.10. The molecule has 0 saturated carbocycles. The fourth-order valence-electron chi connectivity index (χ4n) is 0.829. The molecule has 0 heterocycles. The second kappa shape index (κ2) is 6.06. The lowest BCUT2D eigenvalue weighted by Crippen LogP contribution is -2.18. The summed E-state index contributed by atoms with van der Waals surface area (Å²) < 4.78 is 4.84. The molecule has 88 valence electrons. The Bertz CT molecular complexity index is 327. The van der Waals surface area contributed by atoms with Crippen LogP contribution >= 0.6 is 12.0 Å². The highest BCUT2D eigenvalue weighted by molar-refractivity contribution is 7.94. The summed E-state index contributed by atoms with van der Waals surface area (Å²) in [7, 11) is 0. The van der Waals surface area contributed by atoms with Gasteiger partial charge in [-0.3, -0.25) is 0 Å². The summed E-state index contributed by atoms with van der Waals surface area (Å²) in [6.07, 6.45) is 1.79. The number of hydrogen-bond acceptors (Lipinski definition) is 4. The van der Waals surface area contributed by atoms with E-state index in [-0.39, 0.29) is 5.60 Å². The van der Waals surface area contributed by atoms with Gasteiger partial charge >= 0.3 is 0 Å². The quantitative estimate of drug-likeness (QED) is 0.336. The molecule has 0 aliphatic rings. The Hall–Kier alpha value is -0.810. The van der Waals surface area contributed by atoms with Crippen LogP contribution in [0.5, 0.6) is 0 Å². The summed E-state index contributed by atoms with van der Waals surface area (Å²) in [5.74, 6) is 0. The smallest absolute Gasteiger partial charge is 0.0984 e. The first-order valence-electron chi connectivity index (χ1n) is 4.93. The zero-order valence-electron chi connectivity index (χ0n) is 9.73. The normalized spacial score (nSPS) is 11.4. The molecule has 0 aliphatic heterocycles. The first-order valence-corrected chi connectivity index (χ1v) is 5.67. The second-order valence-electron chi connectivity index (χ2n) is 4.19. The molecule has 16 heavy (non-hydrogen) atoms. The van der Waals surface area contributed by atoms with Gasteiger partial charge in [-0.05, 0) is 38.5 Å². The summed E-state index contributed by atoms with van der Waals surface area (Å²) in [4.78, 5) is 5.87. The van der Waals surface area contributed by atoms with E-state index in [1.165, 1.54) is 0 Å². The van der Waals surface area contributed by atoms with E-state index in [9.17, 15) is 0 Å². The molecule has 0 N–H and O–H groups in total. The fraction of sp³-hybridized carbons (Fsp3) is 0.333. The summed E-state index contributed by atoms with van der Waals surface area (Å²) in [5, 5.41) is 4.60. The van der Waals surface area contributed by atoms with Crippen molar-refractivity contribution in [1.82, 2.24) is 0 Å². The third-order valence-electron chi connectivity index (χ3n) is 1.56. The van der Waals surface area contributed by atoms with Gasteiger partial charge in [0.2, 0.25) is 0 Å². The van der Waals surface area contributed by atoms with E-state index in [4.69, 9.17) is 9.22 Å². The summed E-state index contributed by atoms with van der Waals surface area (Å²) in [6, 6.07) is 7.73. The molecule has 0 saturated heterocycles. The van der Waals surface area contributed by atoms with Crippen molar-refractivity contribution in [2.24, 2.45) is 0 Å². The van der Waals surface area contributed by atoms with Crippen LogP contribution in [0.1, 0.15) is 26.3 Å². The highest BCUT2D eigenvalue weighted by Crippen LogP contribution is 2.21. The maximum absolute atomic E-state index is 4.94. The molecule has 0 fully saturated rings. The Kier molecular flexibility index (Phi) is 5.02. The van der Waals surface area contributed by atoms with E-state index in [0.29, 0.717) is 0 Å². The first-order chi connectivity index (χ1) is 7.51. The van der Waals surface area contributed by atoms with E-state index in [1.807, 2.05) is 45.0 Å². The molecule has 4 heteroatoms. The SMILES string of the molecule is C=Cc1ccc(SOOOC(C)(C)C)cc1. The minimum absolute atomic E-state index is 0.382. The third kappa shape index (κ3) is 5.32. The Morgan fingerprint density at radius 1 is 1.19 bits per heavy atom. The molecule has 3 nitrogen and oxygen atoms in total. The van der Waals surface area contributed by atoms with Gasteiger partial charge < -0.3 is 0 Å². The molecule has 0 unspecified atom stereocenters. The Morgan fingerprint density at radius 3 is 2.31 bits per heavy atom. The van der Waals surface area contributed by atoms with Gasteiger partial charge in [0.05, 0.1) is 17.6 Å². The third-order valence-corrected chi connectivity index (χ3v) is 2.15. The van der Waals surface area contributed by atoms with Crippen LogP contribution in [0, 0.1) is 0 Å². The van der Waals surface area contributed by atoms with Crippen molar-refractivity contribution in [3.63, 3.8) is 0 Å². The Labute approximate surface area is 100 Å². The van der Waals surface area contributed by atoms with Gasteiger partial charge in [-0.2, -0.15) is 4.89 Å². The molecular weight excluding hydrogens is 224 g/mol. The van der Waals surface area contributed by atoms with E-state index in [0.717, 1.165) is 22.5 Å². The van der Waals surface area contributed by atoms with Gasteiger partial charge in [0.1, 0.15) is 0 Å². The highest BCUT2D eigenvalue weighted by Gasteiger charge is 2.12. The molecule has 0 amide bonds. The lowest BCUT2D eigenvalue weighted by Gasteiger charge is -2.15. The summed E-state index contributed by atoms with van der Waals surface area (Å²) in [6.45, 7) is 9.31. The van der Waals surface area contributed by atoms with Crippen molar-refractivity contribution >= 4 is 18.1 Å². The Balaban J connectivity index is 2.29. The molecular formula is C12H16O3S. The second-order valence-corrected chi connectivity index (χ2v) is 4.96. The minimum Gasteiger partial charge on any atom is -0.199 e. The monoisotopic (exact) mass is 240 g/mol. The zero-order chi connectivity index (χ0) is 12.0. The van der Waals surface area contributed by atoms with Crippen molar-refractivity contribution in [1.29, 1.82) is 0 Å². The largest absolute Gasteiger partial charge is 0.199 e. The lowest BCUT2D eigenvalue weighted by atomic mass is 10.2. The van der Waals surface area contributed by atoms with Crippen LogP contribution in [-0.2, 0) is 14.3 Å². The van der Waals surface area contributed by atoms with E-state index >= 15 is 0 Å². The van der Waals surface area contributed by atoms with Crippen molar-refractivity contribution < 1.29 is 14.3 Å². The van der Waals surface area contributed by atoms with Gasteiger partial charge in [0, 0.05) is 4.90 Å². The van der Waals surface area contributed by atoms with E-state index < -0.39 is 0 Å². The topological polar surface area (TPSA) is 27.7 Å². The molecule has 0 radical (unpaired) electrons. The average molecular weight is 240 g/mol. The van der Waals surface area contributed by atoms with Crippen LogP contribution in [0.3, 0.4) is 0 Å². The van der Waals surface area contributed by atoms with Gasteiger partial charge in [0.25, 0.3) is 0 Å². The van der Waals surface area contributed by atoms with Gasteiger partial charge in [-0.25, -0.2) is 0 Å². The van der Waals surface area contributed by atoms with Crippen LogP contribution in [0.25, 0.3) is 6.08 Å². The molecule has 0 aromatic heterocycles. The highest BCUT2D eigenvalue weighted by atomic mass is 32.2. The van der Waals surface area contributed by atoms with Crippen molar-refractivity contribution in [3.8, 4) is 0 Å². The summed E-state index contributed by atoms with van der Waals surface area (Å²) in [5.41, 5.74) is 0.684. The minimum atomic E-state index is -0.382. The lowest BCUT2D eigenvalue weighted by molar-refractivity contribution is -0.492. The van der Waals surface area contributed by atoms with Gasteiger partial charge in [-0.1, -0.05) is 29.8 Å². The maximum atomic E-state index is 4.94. The molecule has 0 spiro atoms. The number of hydrogen-bond donors (Lipinski definition) is 0. The van der Waals surface area contributed by atoms with Gasteiger partial charge in [-0.15, -0.1) is 4.33 Å². The molecule has 0 aliphatic carbocycles. The maximum Gasteiger partial charge on any atom is 0.0984 e. The number of rotatable bonds is 5. The molecule has 1 rings (SSSR count). The molecule has 0 bridgehead atoms. The van der Waals surface area contributed by atoms with Crippen LogP contribution in [0.15, 0.2) is 35.7 Å². The molecule has 1 aromatic rings. The molecule has 0 atom stereocenters. The van der Waals surface area contributed by atoms with Gasteiger partial charge in [0.15, 0.2) is 0 Å². The van der Waals surface area contributed by atoms with Crippen LogP contribution in [0.2, 0.25) is 0 Å². The first kappa shape index (κ1) is 13.3. The number of benzene rings is 1. The fourth-order valence-corrected chi connectivity index (χ4v) is 1.21. The standard InChI is InChI=1S/C12H16O3S/c1-5-10-6-8-11(9-7-10)16-15-14-13-12(2,3)4/h5-9H,1H2,2-4H3. The van der Waals surface area contributed by atoms with Crippen LogP contribution in [-0.4, -0.2) is 5.60 Å².